The topological polar surface area (TPSA) is 46.0 Å². The molecule has 6 heteroatoms. The molecule has 2 aromatic rings. The lowest BCUT2D eigenvalue weighted by Gasteiger charge is -2.07. The Morgan fingerprint density at radius 1 is 1.50 bits per heavy atom. The monoisotopic (exact) mass is 274 g/mol. The fourth-order valence-corrected chi connectivity index (χ4v) is 3.37. The Balaban J connectivity index is 2.30. The van der Waals surface area contributed by atoms with E-state index in [1.165, 1.54) is 22.9 Å². The Morgan fingerprint density at radius 2 is 2.31 bits per heavy atom. The number of hydrogen-bond donors (Lipinski definition) is 1. The number of aliphatic hydroxyl groups excluding tert-OH is 1. The maximum absolute atomic E-state index is 10.2. The minimum absolute atomic E-state index is 0.605. The Morgan fingerprint density at radius 3 is 2.94 bits per heavy atom. The molecule has 86 valence electrons. The van der Waals surface area contributed by atoms with Gasteiger partial charge in [-0.2, -0.15) is 0 Å². The lowest BCUT2D eigenvalue weighted by atomic mass is 10.1. The van der Waals surface area contributed by atoms with E-state index in [1.54, 1.807) is 6.07 Å². The highest BCUT2D eigenvalue weighted by molar-refractivity contribution is 7.11. The summed E-state index contributed by atoms with van der Waals surface area (Å²) in [5.41, 5.74) is 0.879. The largest absolute Gasteiger partial charge is 0.382 e. The third kappa shape index (κ3) is 2.27. The number of aliphatic hydroxyl groups is 1. The molecule has 0 saturated carbocycles. The van der Waals surface area contributed by atoms with Crippen LogP contribution in [0, 0.1) is 0 Å². The standard InChI is InChI=1S/C10H11ClN2OS2/c1-2-3-7-10(16-13-12-7)8(14)9-6(11)4-5-15-9/h4-5,8,14H,2-3H2,1H3. The molecule has 1 unspecified atom stereocenters. The van der Waals surface area contributed by atoms with Crippen LogP contribution in [-0.2, 0) is 6.42 Å². The zero-order chi connectivity index (χ0) is 11.5. The first-order valence-electron chi connectivity index (χ1n) is 4.96. The number of hydrogen-bond acceptors (Lipinski definition) is 5. The van der Waals surface area contributed by atoms with Gasteiger partial charge in [-0.15, -0.1) is 16.4 Å². The molecule has 1 N–H and O–H groups in total. The van der Waals surface area contributed by atoms with E-state index in [2.05, 4.69) is 16.5 Å². The number of nitrogens with zero attached hydrogens (tertiary/aromatic N) is 2. The van der Waals surface area contributed by atoms with Crippen molar-refractivity contribution in [2.75, 3.05) is 0 Å². The van der Waals surface area contributed by atoms with Gasteiger partial charge in [0.1, 0.15) is 6.10 Å². The highest BCUT2D eigenvalue weighted by Crippen LogP contribution is 2.35. The van der Waals surface area contributed by atoms with Crippen LogP contribution in [0.5, 0.6) is 0 Å². The van der Waals surface area contributed by atoms with Gasteiger partial charge in [-0.3, -0.25) is 0 Å². The Kier molecular flexibility index (Phi) is 3.91. The quantitative estimate of drug-likeness (QED) is 0.931. The molecule has 0 aromatic carbocycles. The number of aryl methyl sites for hydroxylation is 1. The van der Waals surface area contributed by atoms with Crippen LogP contribution in [-0.4, -0.2) is 14.7 Å². The molecule has 2 aromatic heterocycles. The Hall–Kier alpha value is -0.490. The molecular formula is C10H11ClN2OS2. The molecule has 0 saturated heterocycles. The molecule has 16 heavy (non-hydrogen) atoms. The van der Waals surface area contributed by atoms with E-state index in [0.29, 0.717) is 5.02 Å². The first kappa shape index (κ1) is 12.0. The van der Waals surface area contributed by atoms with Gasteiger partial charge in [-0.05, 0) is 29.4 Å². The molecule has 0 amide bonds. The smallest absolute Gasteiger partial charge is 0.127 e. The summed E-state index contributed by atoms with van der Waals surface area (Å²) in [5.74, 6) is 0. The van der Waals surface area contributed by atoms with Crippen LogP contribution < -0.4 is 0 Å². The second-order valence-corrected chi connectivity index (χ2v) is 5.51. The molecule has 1 atom stereocenters. The van der Waals surface area contributed by atoms with Crippen LogP contribution in [0.15, 0.2) is 11.4 Å². The van der Waals surface area contributed by atoms with Gasteiger partial charge in [0, 0.05) is 0 Å². The Bertz CT molecular complexity index is 469. The second kappa shape index (κ2) is 5.23. The van der Waals surface area contributed by atoms with Gasteiger partial charge in [0.15, 0.2) is 0 Å². The van der Waals surface area contributed by atoms with Gasteiger partial charge >= 0.3 is 0 Å². The molecule has 0 fully saturated rings. The summed E-state index contributed by atoms with van der Waals surface area (Å²) in [6.07, 6.45) is 1.14. The fourth-order valence-electron chi connectivity index (χ4n) is 1.45. The predicted molar refractivity (Wildman–Crippen MR) is 67.3 cm³/mol. The average molecular weight is 275 g/mol. The molecule has 0 bridgehead atoms. The van der Waals surface area contributed by atoms with Crippen LogP contribution in [0.4, 0.5) is 0 Å². The van der Waals surface area contributed by atoms with Crippen LogP contribution >= 0.6 is 34.5 Å². The van der Waals surface area contributed by atoms with Crippen molar-refractivity contribution in [2.24, 2.45) is 0 Å². The summed E-state index contributed by atoms with van der Waals surface area (Å²) in [5, 5.41) is 16.7. The third-order valence-electron chi connectivity index (χ3n) is 2.21. The minimum atomic E-state index is -0.686. The summed E-state index contributed by atoms with van der Waals surface area (Å²) in [6, 6.07) is 1.79. The van der Waals surface area contributed by atoms with Gasteiger partial charge in [-0.1, -0.05) is 29.4 Å². The summed E-state index contributed by atoms with van der Waals surface area (Å²) in [6.45, 7) is 2.08. The van der Waals surface area contributed by atoms with E-state index in [9.17, 15) is 5.11 Å². The van der Waals surface area contributed by atoms with Crippen molar-refractivity contribution in [3.05, 3.63) is 31.9 Å². The normalized spacial score (nSPS) is 12.9. The summed E-state index contributed by atoms with van der Waals surface area (Å²) in [7, 11) is 0. The molecule has 0 aliphatic heterocycles. The first-order chi connectivity index (χ1) is 7.74. The van der Waals surface area contributed by atoms with Crippen molar-refractivity contribution in [3.8, 4) is 0 Å². The molecular weight excluding hydrogens is 264 g/mol. The minimum Gasteiger partial charge on any atom is -0.382 e. The van der Waals surface area contributed by atoms with Crippen LogP contribution in [0.2, 0.25) is 5.02 Å². The average Bonchev–Trinajstić information content (AvgIpc) is 2.87. The van der Waals surface area contributed by atoms with E-state index < -0.39 is 6.10 Å². The summed E-state index contributed by atoms with van der Waals surface area (Å²) >= 11 is 8.69. The maximum Gasteiger partial charge on any atom is 0.127 e. The van der Waals surface area contributed by atoms with Gasteiger partial charge < -0.3 is 5.11 Å². The number of rotatable bonds is 4. The van der Waals surface area contributed by atoms with E-state index in [-0.39, 0.29) is 0 Å². The van der Waals surface area contributed by atoms with Crippen molar-refractivity contribution in [1.82, 2.24) is 9.59 Å². The van der Waals surface area contributed by atoms with Crippen molar-refractivity contribution in [1.29, 1.82) is 0 Å². The Labute approximate surface area is 107 Å². The second-order valence-electron chi connectivity index (χ2n) is 3.37. The molecule has 0 aliphatic rings. The van der Waals surface area contributed by atoms with Crippen LogP contribution in [0.1, 0.15) is 34.9 Å². The van der Waals surface area contributed by atoms with Crippen LogP contribution in [0.3, 0.4) is 0 Å². The van der Waals surface area contributed by atoms with Gasteiger partial charge in [0.05, 0.1) is 20.5 Å². The van der Waals surface area contributed by atoms with Gasteiger partial charge in [0.2, 0.25) is 0 Å². The SMILES string of the molecule is CCCc1nnsc1C(O)c1sccc1Cl. The molecule has 0 spiro atoms. The highest BCUT2D eigenvalue weighted by Gasteiger charge is 2.21. The number of thiophene rings is 1. The lowest BCUT2D eigenvalue weighted by Crippen LogP contribution is -1.99. The molecule has 2 heterocycles. The lowest BCUT2D eigenvalue weighted by molar-refractivity contribution is 0.226. The zero-order valence-corrected chi connectivity index (χ0v) is 11.1. The molecule has 0 aliphatic carbocycles. The number of halogens is 1. The van der Waals surface area contributed by atoms with Crippen molar-refractivity contribution in [3.63, 3.8) is 0 Å². The first-order valence-corrected chi connectivity index (χ1v) is 6.99. The highest BCUT2D eigenvalue weighted by atomic mass is 35.5. The van der Waals surface area contributed by atoms with E-state index in [0.717, 1.165) is 28.3 Å². The molecule has 0 radical (unpaired) electrons. The number of aromatic nitrogens is 2. The van der Waals surface area contributed by atoms with E-state index >= 15 is 0 Å². The van der Waals surface area contributed by atoms with Gasteiger partial charge in [0.25, 0.3) is 0 Å². The fraction of sp³-hybridized carbons (Fsp3) is 0.400. The van der Waals surface area contributed by atoms with Crippen LogP contribution in [0.25, 0.3) is 0 Å². The van der Waals surface area contributed by atoms with Crippen molar-refractivity contribution < 1.29 is 5.11 Å². The molecule has 3 nitrogen and oxygen atoms in total. The zero-order valence-electron chi connectivity index (χ0n) is 8.68. The summed E-state index contributed by atoms with van der Waals surface area (Å²) in [4.78, 5) is 1.58. The van der Waals surface area contributed by atoms with E-state index in [4.69, 9.17) is 11.6 Å². The van der Waals surface area contributed by atoms with Crippen molar-refractivity contribution >= 4 is 34.5 Å². The van der Waals surface area contributed by atoms with Gasteiger partial charge in [-0.25, -0.2) is 0 Å². The summed E-state index contributed by atoms with van der Waals surface area (Å²) < 4.78 is 3.89. The maximum atomic E-state index is 10.2. The van der Waals surface area contributed by atoms with Crippen molar-refractivity contribution in [2.45, 2.75) is 25.9 Å². The van der Waals surface area contributed by atoms with E-state index in [1.807, 2.05) is 5.38 Å². The molecule has 2 rings (SSSR count). The third-order valence-corrected chi connectivity index (χ3v) is 4.44. The predicted octanol–water partition coefficient (Wildman–Crippen LogP) is 3.29.